The molecule has 0 spiro atoms. The Hall–Kier alpha value is -2.69. The van der Waals surface area contributed by atoms with Crippen LogP contribution >= 0.6 is 0 Å². The molecule has 0 aliphatic heterocycles. The summed E-state index contributed by atoms with van der Waals surface area (Å²) >= 11 is 0. The van der Waals surface area contributed by atoms with E-state index in [1.54, 1.807) is 27.7 Å². The largest absolute Gasteiger partial charge is 0.480 e. The average molecular weight is 401 g/mol. The maximum absolute atomic E-state index is 12.4. The fourth-order valence-electron chi connectivity index (χ4n) is 2.18. The van der Waals surface area contributed by atoms with Gasteiger partial charge in [0.05, 0.1) is 19.0 Å². The molecule has 0 rings (SSSR count). The topological polar surface area (TPSA) is 194 Å². The minimum atomic E-state index is -1.37. The Bertz CT molecular complexity index is 595. The van der Waals surface area contributed by atoms with E-state index in [4.69, 9.17) is 11.5 Å². The van der Waals surface area contributed by atoms with E-state index >= 15 is 0 Å². The van der Waals surface area contributed by atoms with E-state index < -0.39 is 60.7 Å². The number of hydrogen-bond acceptors (Lipinski definition) is 6. The fourth-order valence-corrected chi connectivity index (χ4v) is 2.18. The van der Waals surface area contributed by atoms with Crippen molar-refractivity contribution in [1.82, 2.24) is 16.0 Å². The van der Waals surface area contributed by atoms with Gasteiger partial charge in [0.25, 0.3) is 0 Å². The van der Waals surface area contributed by atoms with Crippen molar-refractivity contribution in [2.75, 3.05) is 6.54 Å². The van der Waals surface area contributed by atoms with Crippen LogP contribution in [0.15, 0.2) is 0 Å². The highest BCUT2D eigenvalue weighted by Crippen LogP contribution is 2.08. The van der Waals surface area contributed by atoms with Crippen molar-refractivity contribution >= 4 is 29.6 Å². The fraction of sp³-hybridized carbons (Fsp3) is 0.706. The van der Waals surface area contributed by atoms with Gasteiger partial charge in [-0.2, -0.15) is 0 Å². The number of primary amides is 1. The quantitative estimate of drug-likeness (QED) is 0.219. The Balaban J connectivity index is 4.99. The molecule has 0 aromatic carbocycles. The first kappa shape index (κ1) is 25.3. The van der Waals surface area contributed by atoms with E-state index in [1.165, 1.54) is 0 Å². The van der Waals surface area contributed by atoms with Crippen molar-refractivity contribution in [2.24, 2.45) is 23.3 Å². The Morgan fingerprint density at radius 2 is 1.57 bits per heavy atom. The third-order valence-corrected chi connectivity index (χ3v) is 4.28. The lowest BCUT2D eigenvalue weighted by Gasteiger charge is -2.24. The first-order chi connectivity index (χ1) is 12.9. The Labute approximate surface area is 164 Å². The number of nitrogens with two attached hydrogens (primary N) is 2. The van der Waals surface area contributed by atoms with Crippen LogP contribution < -0.4 is 27.4 Å². The second-order valence-corrected chi connectivity index (χ2v) is 6.99. The molecule has 0 radical (unpaired) electrons. The number of carbonyl (C=O) groups excluding carboxylic acids is 4. The van der Waals surface area contributed by atoms with Crippen LogP contribution in [0.2, 0.25) is 0 Å². The predicted octanol–water partition coefficient (Wildman–Crippen LogP) is -1.94. The molecule has 4 amide bonds. The summed E-state index contributed by atoms with van der Waals surface area (Å²) in [6.45, 7) is 6.44. The van der Waals surface area contributed by atoms with Crippen LogP contribution in [0.3, 0.4) is 0 Å². The highest BCUT2D eigenvalue weighted by molar-refractivity contribution is 5.95. The molecule has 0 aliphatic carbocycles. The van der Waals surface area contributed by atoms with E-state index in [-0.39, 0.29) is 11.8 Å². The average Bonchev–Trinajstić information content (AvgIpc) is 2.61. The monoisotopic (exact) mass is 401 g/mol. The van der Waals surface area contributed by atoms with E-state index in [9.17, 15) is 29.1 Å². The molecule has 4 unspecified atom stereocenters. The van der Waals surface area contributed by atoms with Gasteiger partial charge >= 0.3 is 5.97 Å². The van der Waals surface area contributed by atoms with E-state index in [2.05, 4.69) is 16.0 Å². The molecule has 0 bridgehead atoms. The zero-order valence-electron chi connectivity index (χ0n) is 16.7. The third-order valence-electron chi connectivity index (χ3n) is 4.28. The maximum atomic E-state index is 12.4. The molecular formula is C17H31N5O6. The number of rotatable bonds is 12. The molecule has 0 heterocycles. The van der Waals surface area contributed by atoms with Crippen molar-refractivity contribution in [3.8, 4) is 0 Å². The number of amides is 4. The normalized spacial score (nSPS) is 15.1. The minimum absolute atomic E-state index is 0.134. The summed E-state index contributed by atoms with van der Waals surface area (Å²) in [5, 5.41) is 16.2. The van der Waals surface area contributed by atoms with Gasteiger partial charge in [0, 0.05) is 0 Å². The molecular weight excluding hydrogens is 370 g/mol. The number of carboxylic acids is 1. The van der Waals surface area contributed by atoms with Crippen LogP contribution in [-0.2, 0) is 24.0 Å². The van der Waals surface area contributed by atoms with Crippen molar-refractivity contribution in [1.29, 1.82) is 0 Å². The third kappa shape index (κ3) is 8.80. The zero-order chi connectivity index (χ0) is 22.0. The molecule has 0 aromatic heterocycles. The van der Waals surface area contributed by atoms with Gasteiger partial charge in [-0.3, -0.25) is 19.2 Å². The van der Waals surface area contributed by atoms with E-state index in [0.29, 0.717) is 6.42 Å². The lowest BCUT2D eigenvalue weighted by Crippen LogP contribution is -2.56. The molecule has 0 aliphatic rings. The lowest BCUT2D eigenvalue weighted by molar-refractivity contribution is -0.143. The van der Waals surface area contributed by atoms with E-state index in [1.807, 2.05) is 0 Å². The van der Waals surface area contributed by atoms with Gasteiger partial charge in [0.2, 0.25) is 23.6 Å². The molecule has 0 aromatic rings. The molecule has 160 valence electrons. The Kier molecular flexibility index (Phi) is 10.8. The van der Waals surface area contributed by atoms with Gasteiger partial charge in [0.15, 0.2) is 0 Å². The molecule has 0 saturated carbocycles. The predicted molar refractivity (Wildman–Crippen MR) is 101 cm³/mol. The number of hydrogen-bond donors (Lipinski definition) is 6. The smallest absolute Gasteiger partial charge is 0.326 e. The van der Waals surface area contributed by atoms with Crippen molar-refractivity contribution in [2.45, 2.75) is 58.7 Å². The molecule has 11 nitrogen and oxygen atoms in total. The van der Waals surface area contributed by atoms with Crippen LogP contribution in [0.5, 0.6) is 0 Å². The highest BCUT2D eigenvalue weighted by Gasteiger charge is 2.30. The summed E-state index contributed by atoms with van der Waals surface area (Å²) in [4.78, 5) is 58.8. The SMILES string of the molecule is CCC(C)C(NC(=O)C(CC(N)=O)NC(=O)CNC(=O)C(N)C(C)C)C(=O)O. The van der Waals surface area contributed by atoms with Crippen LogP contribution in [0.4, 0.5) is 0 Å². The van der Waals surface area contributed by atoms with Crippen LogP contribution in [0.25, 0.3) is 0 Å². The molecule has 11 heteroatoms. The number of nitrogens with one attached hydrogen (secondary N) is 3. The van der Waals surface area contributed by atoms with Gasteiger partial charge < -0.3 is 32.5 Å². The summed E-state index contributed by atoms with van der Waals surface area (Å²) in [5.74, 6) is -4.74. The van der Waals surface area contributed by atoms with Crippen LogP contribution in [-0.4, -0.2) is 59.4 Å². The lowest BCUT2D eigenvalue weighted by atomic mass is 9.98. The van der Waals surface area contributed by atoms with Crippen LogP contribution in [0, 0.1) is 11.8 Å². The van der Waals surface area contributed by atoms with Crippen molar-refractivity contribution < 1.29 is 29.1 Å². The summed E-state index contributed by atoms with van der Waals surface area (Å²) in [6, 6.07) is -3.36. The first-order valence-electron chi connectivity index (χ1n) is 9.04. The Morgan fingerprint density at radius 3 is 2.00 bits per heavy atom. The van der Waals surface area contributed by atoms with Gasteiger partial charge in [-0.15, -0.1) is 0 Å². The maximum Gasteiger partial charge on any atom is 0.326 e. The molecule has 28 heavy (non-hydrogen) atoms. The minimum Gasteiger partial charge on any atom is -0.480 e. The summed E-state index contributed by atoms with van der Waals surface area (Å²) in [5.41, 5.74) is 10.8. The van der Waals surface area contributed by atoms with Crippen LogP contribution in [0.1, 0.15) is 40.5 Å². The summed E-state index contributed by atoms with van der Waals surface area (Å²) in [7, 11) is 0. The van der Waals surface area contributed by atoms with E-state index in [0.717, 1.165) is 0 Å². The van der Waals surface area contributed by atoms with Gasteiger partial charge in [-0.1, -0.05) is 34.1 Å². The molecule has 0 saturated heterocycles. The second-order valence-electron chi connectivity index (χ2n) is 6.99. The van der Waals surface area contributed by atoms with Crippen molar-refractivity contribution in [3.63, 3.8) is 0 Å². The Morgan fingerprint density at radius 1 is 1.00 bits per heavy atom. The standard InChI is InChI=1S/C17H31N5O6/c1-5-9(4)14(17(27)28)22-15(25)10(6-11(18)23)21-12(24)7-20-16(26)13(19)8(2)3/h8-10,13-14H,5-7,19H2,1-4H3,(H2,18,23)(H,20,26)(H,21,24)(H,22,25)(H,27,28). The zero-order valence-corrected chi connectivity index (χ0v) is 16.7. The molecule has 0 fully saturated rings. The van der Waals surface area contributed by atoms with Crippen molar-refractivity contribution in [3.05, 3.63) is 0 Å². The second kappa shape index (κ2) is 11.9. The van der Waals surface area contributed by atoms with Gasteiger partial charge in [-0.05, 0) is 11.8 Å². The highest BCUT2D eigenvalue weighted by atomic mass is 16.4. The summed E-state index contributed by atoms with van der Waals surface area (Å²) < 4.78 is 0. The number of carbonyl (C=O) groups is 5. The number of aliphatic carboxylic acids is 1. The van der Waals surface area contributed by atoms with Gasteiger partial charge in [0.1, 0.15) is 12.1 Å². The summed E-state index contributed by atoms with van der Waals surface area (Å²) in [6.07, 6.45) is -0.0316. The molecule has 8 N–H and O–H groups in total. The number of carboxylic acid groups (broad SMARTS) is 1. The first-order valence-corrected chi connectivity index (χ1v) is 9.04. The molecule has 4 atom stereocenters. The van der Waals surface area contributed by atoms with Gasteiger partial charge in [-0.25, -0.2) is 4.79 Å².